The number of aromatic nitrogens is 4. The van der Waals surface area contributed by atoms with Crippen LogP contribution < -0.4 is 5.32 Å². The summed E-state index contributed by atoms with van der Waals surface area (Å²) in [6.07, 6.45) is 5.11. The Hall–Kier alpha value is -3.33. The van der Waals surface area contributed by atoms with Gasteiger partial charge < -0.3 is 19.9 Å². The van der Waals surface area contributed by atoms with Gasteiger partial charge in [0.15, 0.2) is 0 Å². The highest BCUT2D eigenvalue weighted by Crippen LogP contribution is 2.25. The second-order valence-electron chi connectivity index (χ2n) is 6.44. The van der Waals surface area contributed by atoms with E-state index in [1.165, 1.54) is 6.33 Å². The van der Waals surface area contributed by atoms with Crippen molar-refractivity contribution in [3.63, 3.8) is 0 Å². The van der Waals surface area contributed by atoms with E-state index in [0.717, 1.165) is 16.5 Å². The zero-order valence-corrected chi connectivity index (χ0v) is 14.5. The third kappa shape index (κ3) is 2.91. The summed E-state index contributed by atoms with van der Waals surface area (Å²) in [4.78, 5) is 34.8. The van der Waals surface area contributed by atoms with Crippen molar-refractivity contribution in [1.29, 1.82) is 0 Å². The lowest BCUT2D eigenvalue weighted by Gasteiger charge is -2.26. The molecule has 136 valence electrons. The van der Waals surface area contributed by atoms with E-state index in [0.29, 0.717) is 55.8 Å². The summed E-state index contributed by atoms with van der Waals surface area (Å²) < 4.78 is 5.31. The summed E-state index contributed by atoms with van der Waals surface area (Å²) in [5, 5.41) is 3.96. The van der Waals surface area contributed by atoms with E-state index in [1.807, 2.05) is 18.5 Å². The van der Waals surface area contributed by atoms with Crippen molar-refractivity contribution in [1.82, 2.24) is 24.8 Å². The first-order valence-electron chi connectivity index (χ1n) is 8.74. The fraction of sp³-hybridized carbons (Fsp3) is 0.278. The van der Waals surface area contributed by atoms with Gasteiger partial charge in [-0.1, -0.05) is 0 Å². The maximum Gasteiger partial charge on any atom is 0.270 e. The normalized spacial score (nSPS) is 15.9. The number of hydrogen-bond acceptors (Lipinski definition) is 7. The van der Waals surface area contributed by atoms with Gasteiger partial charge in [-0.15, -0.1) is 0 Å². The fourth-order valence-electron chi connectivity index (χ4n) is 3.28. The molecule has 0 unspecified atom stereocenters. The van der Waals surface area contributed by atoms with Gasteiger partial charge in [0.1, 0.15) is 29.3 Å². The first-order valence-corrected chi connectivity index (χ1v) is 8.74. The molecule has 2 aliphatic heterocycles. The number of pyridine rings is 1. The molecule has 0 saturated carbocycles. The van der Waals surface area contributed by atoms with Crippen LogP contribution in [0.3, 0.4) is 0 Å². The minimum atomic E-state index is -0.0610. The molecule has 3 aromatic rings. The molecule has 0 aliphatic carbocycles. The summed E-state index contributed by atoms with van der Waals surface area (Å²) in [5.41, 5.74) is 3.25. The zero-order valence-electron chi connectivity index (χ0n) is 14.5. The molecule has 1 amide bonds. The third-order valence-electron chi connectivity index (χ3n) is 4.72. The Balaban J connectivity index is 1.45. The van der Waals surface area contributed by atoms with Gasteiger partial charge in [-0.05, 0) is 12.1 Å². The van der Waals surface area contributed by atoms with Crippen LogP contribution >= 0.6 is 0 Å². The molecule has 2 aliphatic rings. The van der Waals surface area contributed by atoms with Gasteiger partial charge in [0.05, 0.1) is 25.1 Å². The standard InChI is InChI=1S/C18H17N7O2/c26-18(25-1-3-27-4-2-25)14-6-13-16(23-14)21-10-22-17(13)24-15-5-11-7-19-8-12(11)9-20-15/h5-7,9-10H,1-4,8H2,(H2,20,21,22,23,24). The topological polar surface area (TPSA) is 108 Å². The van der Waals surface area contributed by atoms with Gasteiger partial charge in [-0.3, -0.25) is 9.79 Å². The van der Waals surface area contributed by atoms with Crippen LogP contribution in [-0.2, 0) is 11.3 Å². The second kappa shape index (κ2) is 6.44. The number of H-pyrrole nitrogens is 1. The summed E-state index contributed by atoms with van der Waals surface area (Å²) in [6, 6.07) is 3.72. The first kappa shape index (κ1) is 15.9. The van der Waals surface area contributed by atoms with Crippen molar-refractivity contribution in [3.8, 4) is 0 Å². The molecule has 2 N–H and O–H groups in total. The van der Waals surface area contributed by atoms with E-state index < -0.39 is 0 Å². The Morgan fingerprint density at radius 1 is 1.19 bits per heavy atom. The number of nitrogens with one attached hydrogen (secondary N) is 2. The largest absolute Gasteiger partial charge is 0.378 e. The van der Waals surface area contributed by atoms with Crippen molar-refractivity contribution in [2.75, 3.05) is 31.6 Å². The Bertz CT molecular complexity index is 1050. The third-order valence-corrected chi connectivity index (χ3v) is 4.72. The Kier molecular flexibility index (Phi) is 3.79. The van der Waals surface area contributed by atoms with E-state index in [2.05, 4.69) is 30.2 Å². The number of aromatic amines is 1. The number of aliphatic imine (C=N–C) groups is 1. The monoisotopic (exact) mass is 363 g/mol. The molecule has 1 fully saturated rings. The van der Waals surface area contributed by atoms with Gasteiger partial charge in [0.25, 0.3) is 5.91 Å². The molecule has 5 rings (SSSR count). The number of anilines is 2. The van der Waals surface area contributed by atoms with E-state index in [4.69, 9.17) is 4.74 Å². The minimum Gasteiger partial charge on any atom is -0.378 e. The molecule has 0 bridgehead atoms. The van der Waals surface area contributed by atoms with Crippen molar-refractivity contribution < 1.29 is 9.53 Å². The highest BCUT2D eigenvalue weighted by molar-refractivity contribution is 6.00. The SMILES string of the molecule is O=C(c1cc2c(Nc3cc4c(cn3)CN=C4)ncnc2[nH]1)N1CCOCC1. The predicted octanol–water partition coefficient (Wildman–Crippen LogP) is 1.50. The molecular formula is C18H17N7O2. The Labute approximate surface area is 154 Å². The van der Waals surface area contributed by atoms with E-state index >= 15 is 0 Å². The minimum absolute atomic E-state index is 0.0610. The van der Waals surface area contributed by atoms with Crippen LogP contribution in [-0.4, -0.2) is 63.3 Å². The Morgan fingerprint density at radius 3 is 2.96 bits per heavy atom. The van der Waals surface area contributed by atoms with Gasteiger partial charge >= 0.3 is 0 Å². The second-order valence-corrected chi connectivity index (χ2v) is 6.44. The average molecular weight is 363 g/mol. The average Bonchev–Trinajstić information content (AvgIpc) is 3.35. The molecule has 9 heteroatoms. The maximum atomic E-state index is 12.7. The number of nitrogens with zero attached hydrogens (tertiary/aromatic N) is 5. The van der Waals surface area contributed by atoms with Crippen LogP contribution in [0.5, 0.6) is 0 Å². The highest BCUT2D eigenvalue weighted by atomic mass is 16.5. The summed E-state index contributed by atoms with van der Waals surface area (Å²) in [6.45, 7) is 2.97. The Morgan fingerprint density at radius 2 is 2.07 bits per heavy atom. The van der Waals surface area contributed by atoms with Crippen LogP contribution in [0.15, 0.2) is 29.6 Å². The zero-order chi connectivity index (χ0) is 18.2. The molecule has 5 heterocycles. The smallest absolute Gasteiger partial charge is 0.270 e. The van der Waals surface area contributed by atoms with Crippen LogP contribution in [0.25, 0.3) is 11.0 Å². The van der Waals surface area contributed by atoms with E-state index in [1.54, 1.807) is 11.0 Å². The molecule has 0 atom stereocenters. The van der Waals surface area contributed by atoms with Crippen LogP contribution in [0.4, 0.5) is 11.6 Å². The summed E-state index contributed by atoms with van der Waals surface area (Å²) >= 11 is 0. The molecular weight excluding hydrogens is 346 g/mol. The first-order chi connectivity index (χ1) is 13.3. The van der Waals surface area contributed by atoms with Gasteiger partial charge in [-0.2, -0.15) is 0 Å². The molecule has 9 nitrogen and oxygen atoms in total. The lowest BCUT2D eigenvalue weighted by Crippen LogP contribution is -2.40. The van der Waals surface area contributed by atoms with Crippen molar-refractivity contribution >= 4 is 34.8 Å². The molecule has 0 radical (unpaired) electrons. The number of carbonyl (C=O) groups excluding carboxylic acids is 1. The molecule has 1 saturated heterocycles. The summed E-state index contributed by atoms with van der Waals surface area (Å²) in [7, 11) is 0. The predicted molar refractivity (Wildman–Crippen MR) is 99.4 cm³/mol. The number of fused-ring (bicyclic) bond motifs is 2. The van der Waals surface area contributed by atoms with Crippen molar-refractivity contribution in [2.24, 2.45) is 4.99 Å². The van der Waals surface area contributed by atoms with E-state index in [9.17, 15) is 4.79 Å². The van der Waals surface area contributed by atoms with Crippen LogP contribution in [0.2, 0.25) is 0 Å². The number of morpholine rings is 1. The number of carbonyl (C=O) groups is 1. The molecule has 27 heavy (non-hydrogen) atoms. The lowest BCUT2D eigenvalue weighted by atomic mass is 10.2. The van der Waals surface area contributed by atoms with Crippen LogP contribution in [0, 0.1) is 0 Å². The number of amides is 1. The van der Waals surface area contributed by atoms with Crippen molar-refractivity contribution in [2.45, 2.75) is 6.54 Å². The number of rotatable bonds is 3. The highest BCUT2D eigenvalue weighted by Gasteiger charge is 2.21. The fourth-order valence-corrected chi connectivity index (χ4v) is 3.28. The quantitative estimate of drug-likeness (QED) is 0.730. The van der Waals surface area contributed by atoms with Gasteiger partial charge in [0, 0.05) is 36.6 Å². The number of hydrogen-bond donors (Lipinski definition) is 2. The van der Waals surface area contributed by atoms with E-state index in [-0.39, 0.29) is 5.91 Å². The summed E-state index contributed by atoms with van der Waals surface area (Å²) in [5.74, 6) is 1.21. The molecule has 0 spiro atoms. The number of ether oxygens (including phenoxy) is 1. The van der Waals surface area contributed by atoms with Crippen molar-refractivity contribution in [3.05, 3.63) is 41.5 Å². The van der Waals surface area contributed by atoms with Gasteiger partial charge in [-0.25, -0.2) is 15.0 Å². The lowest BCUT2D eigenvalue weighted by molar-refractivity contribution is 0.0299. The molecule has 3 aromatic heterocycles. The van der Waals surface area contributed by atoms with Crippen LogP contribution in [0.1, 0.15) is 21.6 Å². The van der Waals surface area contributed by atoms with Gasteiger partial charge in [0.2, 0.25) is 0 Å². The molecule has 0 aromatic carbocycles. The maximum absolute atomic E-state index is 12.7.